The molecule has 1 atom stereocenters. The predicted molar refractivity (Wildman–Crippen MR) is 149 cm³/mol. The van der Waals surface area contributed by atoms with Gasteiger partial charge in [0, 0.05) is 12.2 Å². The SMILES string of the molecule is O=C(N[C@@H](Cc1ccc(O)cc1Cc1ccccc1)C(=O)O)c1cn2nc(SCc3ccccc3)ccc2n1. The standard InChI is InChI=1S/C30H26N4O4S/c35-24-12-11-22(23(16-24)15-20-7-3-1-4-8-20)17-25(30(37)38)32-29(36)26-18-34-27(31-26)13-14-28(33-34)39-19-21-9-5-2-6-10-21/h1-14,16,18,25,35H,15,17,19H2,(H,32,36)(H,37,38)/t25-/m0/s1. The van der Waals surface area contributed by atoms with Crippen LogP contribution in [-0.4, -0.2) is 42.7 Å². The number of hydrogen-bond acceptors (Lipinski definition) is 6. The van der Waals surface area contributed by atoms with E-state index in [-0.39, 0.29) is 17.9 Å². The highest BCUT2D eigenvalue weighted by Crippen LogP contribution is 2.23. The molecule has 0 spiro atoms. The molecule has 3 aromatic carbocycles. The molecule has 196 valence electrons. The molecule has 0 saturated heterocycles. The number of carboxylic acid groups (broad SMARTS) is 1. The van der Waals surface area contributed by atoms with E-state index in [0.29, 0.717) is 12.1 Å². The average Bonchev–Trinajstić information content (AvgIpc) is 3.38. The van der Waals surface area contributed by atoms with Crippen LogP contribution in [-0.2, 0) is 23.4 Å². The summed E-state index contributed by atoms with van der Waals surface area (Å²) in [6.45, 7) is 0. The molecule has 0 radical (unpaired) electrons. The second-order valence-electron chi connectivity index (χ2n) is 9.06. The number of thioether (sulfide) groups is 1. The van der Waals surface area contributed by atoms with Crippen molar-refractivity contribution in [3.63, 3.8) is 0 Å². The Labute approximate surface area is 229 Å². The van der Waals surface area contributed by atoms with Crippen LogP contribution < -0.4 is 5.32 Å². The number of phenols is 1. The second kappa shape index (κ2) is 11.8. The predicted octanol–water partition coefficient (Wildman–Crippen LogP) is 4.74. The lowest BCUT2D eigenvalue weighted by molar-refractivity contribution is -0.139. The van der Waals surface area contributed by atoms with E-state index in [1.807, 2.05) is 66.7 Å². The molecule has 2 aromatic heterocycles. The summed E-state index contributed by atoms with van der Waals surface area (Å²) in [7, 11) is 0. The van der Waals surface area contributed by atoms with Crippen LogP contribution in [0.5, 0.6) is 5.75 Å². The van der Waals surface area contributed by atoms with Gasteiger partial charge in [-0.3, -0.25) is 4.79 Å². The molecule has 0 aliphatic heterocycles. The van der Waals surface area contributed by atoms with Crippen molar-refractivity contribution in [1.82, 2.24) is 19.9 Å². The number of carboxylic acids is 1. The van der Waals surface area contributed by atoms with Gasteiger partial charge in [0.25, 0.3) is 5.91 Å². The summed E-state index contributed by atoms with van der Waals surface area (Å²) in [4.78, 5) is 29.5. The highest BCUT2D eigenvalue weighted by atomic mass is 32.2. The molecule has 0 fully saturated rings. The summed E-state index contributed by atoms with van der Waals surface area (Å²) < 4.78 is 1.52. The zero-order valence-corrected chi connectivity index (χ0v) is 21.7. The molecular formula is C30H26N4O4S. The molecule has 0 aliphatic rings. The van der Waals surface area contributed by atoms with Gasteiger partial charge in [-0.15, -0.1) is 0 Å². The van der Waals surface area contributed by atoms with Gasteiger partial charge in [-0.2, -0.15) is 5.10 Å². The first-order valence-electron chi connectivity index (χ1n) is 12.4. The van der Waals surface area contributed by atoms with E-state index in [1.165, 1.54) is 22.3 Å². The Bertz CT molecular complexity index is 1610. The Kier molecular flexibility index (Phi) is 7.88. The van der Waals surface area contributed by atoms with Crippen LogP contribution in [0.15, 0.2) is 102 Å². The summed E-state index contributed by atoms with van der Waals surface area (Å²) in [5.41, 5.74) is 4.28. The lowest BCUT2D eigenvalue weighted by Crippen LogP contribution is -2.42. The summed E-state index contributed by atoms with van der Waals surface area (Å²) in [6, 6.07) is 27.0. The minimum Gasteiger partial charge on any atom is -0.508 e. The molecule has 2 heterocycles. The van der Waals surface area contributed by atoms with Crippen LogP contribution in [0.4, 0.5) is 0 Å². The van der Waals surface area contributed by atoms with Gasteiger partial charge >= 0.3 is 5.97 Å². The number of phenolic OH excluding ortho intramolecular Hbond substituents is 1. The third-order valence-electron chi connectivity index (χ3n) is 6.21. The quantitative estimate of drug-likeness (QED) is 0.220. The van der Waals surface area contributed by atoms with E-state index in [4.69, 9.17) is 0 Å². The van der Waals surface area contributed by atoms with Crippen molar-refractivity contribution in [3.8, 4) is 5.75 Å². The summed E-state index contributed by atoms with van der Waals surface area (Å²) in [5, 5.41) is 27.8. The normalized spacial score (nSPS) is 11.8. The van der Waals surface area contributed by atoms with Crippen molar-refractivity contribution in [2.75, 3.05) is 0 Å². The fourth-order valence-corrected chi connectivity index (χ4v) is 5.04. The molecule has 0 bridgehead atoms. The number of carbonyl (C=O) groups is 2. The first-order valence-corrected chi connectivity index (χ1v) is 13.3. The molecule has 9 heteroatoms. The van der Waals surface area contributed by atoms with E-state index in [9.17, 15) is 19.8 Å². The molecule has 39 heavy (non-hydrogen) atoms. The molecule has 3 N–H and O–H groups in total. The zero-order chi connectivity index (χ0) is 27.2. The van der Waals surface area contributed by atoms with Crippen molar-refractivity contribution < 1.29 is 19.8 Å². The largest absolute Gasteiger partial charge is 0.508 e. The maximum Gasteiger partial charge on any atom is 0.326 e. The summed E-state index contributed by atoms with van der Waals surface area (Å²) >= 11 is 1.57. The Morgan fingerprint density at radius 2 is 1.62 bits per heavy atom. The van der Waals surface area contributed by atoms with Gasteiger partial charge in [0.1, 0.15) is 22.5 Å². The first-order chi connectivity index (χ1) is 18.9. The van der Waals surface area contributed by atoms with E-state index in [2.05, 4.69) is 15.4 Å². The lowest BCUT2D eigenvalue weighted by atomic mass is 9.95. The maximum atomic E-state index is 13.0. The molecular weight excluding hydrogens is 512 g/mol. The number of rotatable bonds is 10. The number of amides is 1. The van der Waals surface area contributed by atoms with Crippen molar-refractivity contribution in [2.24, 2.45) is 0 Å². The number of imidazole rings is 1. The lowest BCUT2D eigenvalue weighted by Gasteiger charge is -2.17. The number of aliphatic carboxylic acids is 1. The minimum atomic E-state index is -1.19. The smallest absolute Gasteiger partial charge is 0.326 e. The van der Waals surface area contributed by atoms with Crippen molar-refractivity contribution in [3.05, 3.63) is 125 Å². The highest BCUT2D eigenvalue weighted by molar-refractivity contribution is 7.98. The summed E-state index contributed by atoms with van der Waals surface area (Å²) in [6.07, 6.45) is 2.07. The minimum absolute atomic E-state index is 0.0510. The number of fused-ring (bicyclic) bond motifs is 1. The number of aromatic nitrogens is 3. The second-order valence-corrected chi connectivity index (χ2v) is 10.1. The van der Waals surface area contributed by atoms with Crippen molar-refractivity contribution >= 4 is 29.3 Å². The zero-order valence-electron chi connectivity index (χ0n) is 20.9. The monoisotopic (exact) mass is 538 g/mol. The first kappa shape index (κ1) is 26.0. The fourth-order valence-electron chi connectivity index (χ4n) is 4.23. The third kappa shape index (κ3) is 6.63. The van der Waals surface area contributed by atoms with E-state index in [0.717, 1.165) is 27.5 Å². The fraction of sp³-hybridized carbons (Fsp3) is 0.133. The number of carbonyl (C=O) groups excluding carboxylic acids is 1. The maximum absolute atomic E-state index is 13.0. The van der Waals surface area contributed by atoms with Crippen LogP contribution in [0.25, 0.3) is 5.65 Å². The van der Waals surface area contributed by atoms with Gasteiger partial charge in [0.05, 0.1) is 6.20 Å². The van der Waals surface area contributed by atoms with Gasteiger partial charge in [0.2, 0.25) is 0 Å². The van der Waals surface area contributed by atoms with Crippen LogP contribution in [0.1, 0.15) is 32.7 Å². The molecule has 5 aromatic rings. The van der Waals surface area contributed by atoms with Gasteiger partial charge in [0.15, 0.2) is 5.65 Å². The number of nitrogens with zero attached hydrogens (tertiary/aromatic N) is 3. The number of nitrogens with one attached hydrogen (secondary N) is 1. The van der Waals surface area contributed by atoms with Crippen LogP contribution >= 0.6 is 11.8 Å². The van der Waals surface area contributed by atoms with Gasteiger partial charge in [-0.25, -0.2) is 14.3 Å². The van der Waals surface area contributed by atoms with Crippen LogP contribution in [0, 0.1) is 0 Å². The van der Waals surface area contributed by atoms with E-state index < -0.39 is 17.9 Å². The third-order valence-corrected chi connectivity index (χ3v) is 7.20. The average molecular weight is 539 g/mol. The molecule has 5 rings (SSSR count). The topological polar surface area (TPSA) is 117 Å². The van der Waals surface area contributed by atoms with Gasteiger partial charge in [-0.05, 0) is 52.9 Å². The molecule has 0 unspecified atom stereocenters. The highest BCUT2D eigenvalue weighted by Gasteiger charge is 2.24. The molecule has 0 saturated carbocycles. The summed E-state index contributed by atoms with van der Waals surface area (Å²) in [5.74, 6) is -0.914. The number of benzene rings is 3. The van der Waals surface area contributed by atoms with Gasteiger partial charge in [-0.1, -0.05) is 78.5 Å². The molecule has 0 aliphatic carbocycles. The Morgan fingerprint density at radius 1 is 0.897 bits per heavy atom. The van der Waals surface area contributed by atoms with E-state index in [1.54, 1.807) is 30.0 Å². The Morgan fingerprint density at radius 3 is 2.33 bits per heavy atom. The number of aromatic hydroxyl groups is 1. The van der Waals surface area contributed by atoms with E-state index >= 15 is 0 Å². The van der Waals surface area contributed by atoms with Crippen LogP contribution in [0.3, 0.4) is 0 Å². The Hall–Kier alpha value is -4.63. The van der Waals surface area contributed by atoms with Crippen LogP contribution in [0.2, 0.25) is 0 Å². The van der Waals surface area contributed by atoms with Crippen molar-refractivity contribution in [1.29, 1.82) is 0 Å². The van der Waals surface area contributed by atoms with Crippen molar-refractivity contribution in [2.45, 2.75) is 29.7 Å². The molecule has 1 amide bonds. The number of hydrogen-bond donors (Lipinski definition) is 3. The van der Waals surface area contributed by atoms with Gasteiger partial charge < -0.3 is 15.5 Å². The molecule has 8 nitrogen and oxygen atoms in total. The Balaban J connectivity index is 1.30.